The Kier molecular flexibility index (Phi) is 4.01. The number of fused-ring (bicyclic) bond motifs is 1. The van der Waals surface area contributed by atoms with E-state index in [1.165, 1.54) is 13.2 Å². The van der Waals surface area contributed by atoms with Crippen molar-refractivity contribution in [1.29, 1.82) is 0 Å². The molecule has 7 nitrogen and oxygen atoms in total. The molecule has 0 spiro atoms. The minimum absolute atomic E-state index is 0.0252. The number of carboxylic acids is 1. The van der Waals surface area contributed by atoms with Gasteiger partial charge >= 0.3 is 5.97 Å². The fraction of sp³-hybridized carbons (Fsp3) is 0.312. The summed E-state index contributed by atoms with van der Waals surface area (Å²) in [6.45, 7) is 0.320. The van der Waals surface area contributed by atoms with Crippen molar-refractivity contribution in [2.24, 2.45) is 0 Å². The molecule has 2 N–H and O–H groups in total. The number of benzene rings is 1. The third-order valence-electron chi connectivity index (χ3n) is 3.78. The van der Waals surface area contributed by atoms with E-state index in [9.17, 15) is 14.7 Å². The predicted molar refractivity (Wildman–Crippen MR) is 81.9 cm³/mol. The van der Waals surface area contributed by atoms with Gasteiger partial charge in [-0.1, -0.05) is 0 Å². The molecule has 1 saturated heterocycles. The number of aromatic carboxylic acids is 1. The van der Waals surface area contributed by atoms with Crippen LogP contribution < -0.4 is 14.8 Å². The number of amides is 1. The maximum atomic E-state index is 11.3. The van der Waals surface area contributed by atoms with Gasteiger partial charge < -0.3 is 19.9 Å². The van der Waals surface area contributed by atoms with Crippen molar-refractivity contribution in [2.45, 2.75) is 18.9 Å². The highest BCUT2D eigenvalue weighted by Crippen LogP contribution is 2.31. The van der Waals surface area contributed by atoms with Crippen molar-refractivity contribution in [3.8, 4) is 11.6 Å². The monoisotopic (exact) mass is 316 g/mol. The second-order valence-electron chi connectivity index (χ2n) is 5.31. The topological polar surface area (TPSA) is 97.8 Å². The van der Waals surface area contributed by atoms with Gasteiger partial charge in [0.25, 0.3) is 0 Å². The standard InChI is InChI=1S/C16H16N2O5/c1-22-13-7-11-9(6-12(13)16(20)21)4-5-17-15(11)23-8-10-2-3-14(19)18-10/h4-7,10H,2-3,8H2,1H3,(H,18,19)(H,20,21)/t10-/m1/s1. The molecule has 1 aromatic heterocycles. The van der Waals surface area contributed by atoms with Crippen LogP contribution in [0.15, 0.2) is 24.4 Å². The number of rotatable bonds is 5. The summed E-state index contributed by atoms with van der Waals surface area (Å²) in [6, 6.07) is 4.82. The minimum atomic E-state index is -1.06. The normalized spacial score (nSPS) is 17.1. The Morgan fingerprint density at radius 1 is 1.48 bits per heavy atom. The first kappa shape index (κ1) is 15.1. The average Bonchev–Trinajstić information content (AvgIpc) is 2.96. The number of carbonyl (C=O) groups excluding carboxylic acids is 1. The number of ether oxygens (including phenoxy) is 2. The van der Waals surface area contributed by atoms with Gasteiger partial charge in [-0.25, -0.2) is 9.78 Å². The van der Waals surface area contributed by atoms with E-state index in [4.69, 9.17) is 9.47 Å². The van der Waals surface area contributed by atoms with Crippen LogP contribution in [0.1, 0.15) is 23.2 Å². The molecular weight excluding hydrogens is 300 g/mol. The van der Waals surface area contributed by atoms with Gasteiger partial charge in [0.2, 0.25) is 11.8 Å². The Balaban J connectivity index is 1.91. The lowest BCUT2D eigenvalue weighted by Crippen LogP contribution is -2.31. The van der Waals surface area contributed by atoms with E-state index in [1.54, 1.807) is 18.3 Å². The van der Waals surface area contributed by atoms with E-state index in [0.29, 0.717) is 29.7 Å². The molecule has 0 aliphatic carbocycles. The number of methoxy groups -OCH3 is 1. The quantitative estimate of drug-likeness (QED) is 0.869. The molecule has 0 bridgehead atoms. The van der Waals surface area contributed by atoms with Gasteiger partial charge in [-0.05, 0) is 30.0 Å². The predicted octanol–water partition coefficient (Wildman–Crippen LogP) is 1.60. The Morgan fingerprint density at radius 3 is 2.96 bits per heavy atom. The number of hydrogen-bond donors (Lipinski definition) is 2. The van der Waals surface area contributed by atoms with Crippen LogP contribution >= 0.6 is 0 Å². The van der Waals surface area contributed by atoms with Gasteiger partial charge in [0.15, 0.2) is 0 Å². The zero-order valence-corrected chi connectivity index (χ0v) is 12.5. The molecule has 0 unspecified atom stereocenters. The molecular formula is C16H16N2O5. The molecule has 0 radical (unpaired) electrons. The third-order valence-corrected chi connectivity index (χ3v) is 3.78. The summed E-state index contributed by atoms with van der Waals surface area (Å²) in [5, 5.41) is 13.4. The average molecular weight is 316 g/mol. The highest BCUT2D eigenvalue weighted by molar-refractivity contribution is 5.99. The van der Waals surface area contributed by atoms with Gasteiger partial charge in [-0.2, -0.15) is 0 Å². The zero-order valence-electron chi connectivity index (χ0n) is 12.5. The number of carboxylic acid groups (broad SMARTS) is 1. The Morgan fingerprint density at radius 2 is 2.30 bits per heavy atom. The van der Waals surface area contributed by atoms with Crippen LogP contribution in [0.3, 0.4) is 0 Å². The molecule has 1 aliphatic heterocycles. The summed E-state index contributed by atoms with van der Waals surface area (Å²) in [4.78, 5) is 26.7. The summed E-state index contributed by atoms with van der Waals surface area (Å²) in [5.41, 5.74) is 0.0835. The highest BCUT2D eigenvalue weighted by atomic mass is 16.5. The van der Waals surface area contributed by atoms with Crippen molar-refractivity contribution in [1.82, 2.24) is 10.3 Å². The Hall–Kier alpha value is -2.83. The molecule has 2 aromatic rings. The Bertz CT molecular complexity index is 774. The summed E-state index contributed by atoms with van der Waals surface area (Å²) in [6.07, 6.45) is 2.80. The van der Waals surface area contributed by atoms with E-state index in [1.807, 2.05) is 0 Å². The molecule has 1 aromatic carbocycles. The van der Waals surface area contributed by atoms with Crippen molar-refractivity contribution in [3.63, 3.8) is 0 Å². The molecule has 1 atom stereocenters. The van der Waals surface area contributed by atoms with Gasteiger partial charge in [-0.15, -0.1) is 0 Å². The third kappa shape index (κ3) is 3.03. The van der Waals surface area contributed by atoms with E-state index < -0.39 is 5.97 Å². The molecule has 23 heavy (non-hydrogen) atoms. The van der Waals surface area contributed by atoms with Gasteiger partial charge in [0, 0.05) is 18.0 Å². The lowest BCUT2D eigenvalue weighted by molar-refractivity contribution is -0.119. The largest absolute Gasteiger partial charge is 0.496 e. The van der Waals surface area contributed by atoms with Crippen LogP contribution in [-0.2, 0) is 4.79 Å². The molecule has 1 amide bonds. The van der Waals surface area contributed by atoms with Crippen LogP contribution in [0, 0.1) is 0 Å². The van der Waals surface area contributed by atoms with Crippen molar-refractivity contribution >= 4 is 22.6 Å². The maximum Gasteiger partial charge on any atom is 0.339 e. The lowest BCUT2D eigenvalue weighted by Gasteiger charge is -2.14. The highest BCUT2D eigenvalue weighted by Gasteiger charge is 2.22. The van der Waals surface area contributed by atoms with Crippen molar-refractivity contribution < 1.29 is 24.2 Å². The molecule has 7 heteroatoms. The van der Waals surface area contributed by atoms with Crippen molar-refractivity contribution in [3.05, 3.63) is 30.0 Å². The van der Waals surface area contributed by atoms with Crippen LogP contribution in [0.25, 0.3) is 10.8 Å². The van der Waals surface area contributed by atoms with E-state index >= 15 is 0 Å². The number of nitrogens with zero attached hydrogens (tertiary/aromatic N) is 1. The maximum absolute atomic E-state index is 11.3. The molecule has 3 rings (SSSR count). The molecule has 1 aliphatic rings. The summed E-state index contributed by atoms with van der Waals surface area (Å²) >= 11 is 0. The smallest absolute Gasteiger partial charge is 0.339 e. The number of carbonyl (C=O) groups is 2. The molecule has 2 heterocycles. The summed E-state index contributed by atoms with van der Waals surface area (Å²) < 4.78 is 10.9. The molecule has 1 fully saturated rings. The molecule has 0 saturated carbocycles. The first-order valence-corrected chi connectivity index (χ1v) is 7.20. The second-order valence-corrected chi connectivity index (χ2v) is 5.31. The zero-order chi connectivity index (χ0) is 16.4. The SMILES string of the molecule is COc1cc2c(OC[C@H]3CCC(=O)N3)nccc2cc1C(=O)O. The Labute approximate surface area is 132 Å². The van der Waals surface area contributed by atoms with Crippen LogP contribution in [0.2, 0.25) is 0 Å². The number of hydrogen-bond acceptors (Lipinski definition) is 5. The summed E-state index contributed by atoms with van der Waals surface area (Å²) in [7, 11) is 1.42. The van der Waals surface area contributed by atoms with Crippen molar-refractivity contribution in [2.75, 3.05) is 13.7 Å². The van der Waals surface area contributed by atoms with Crippen LogP contribution in [0.5, 0.6) is 11.6 Å². The lowest BCUT2D eigenvalue weighted by atomic mass is 10.1. The van der Waals surface area contributed by atoms with Crippen LogP contribution in [0.4, 0.5) is 0 Å². The number of pyridine rings is 1. The minimum Gasteiger partial charge on any atom is -0.496 e. The van der Waals surface area contributed by atoms with Gasteiger partial charge in [0.05, 0.1) is 13.2 Å². The first-order chi connectivity index (χ1) is 11.1. The van der Waals surface area contributed by atoms with E-state index in [-0.39, 0.29) is 23.3 Å². The fourth-order valence-corrected chi connectivity index (χ4v) is 2.61. The van der Waals surface area contributed by atoms with E-state index in [2.05, 4.69) is 10.3 Å². The van der Waals surface area contributed by atoms with Gasteiger partial charge in [-0.3, -0.25) is 4.79 Å². The first-order valence-electron chi connectivity index (χ1n) is 7.20. The molecule has 120 valence electrons. The fourth-order valence-electron chi connectivity index (χ4n) is 2.61. The summed E-state index contributed by atoms with van der Waals surface area (Å²) in [5.74, 6) is -0.398. The van der Waals surface area contributed by atoms with Gasteiger partial charge in [0.1, 0.15) is 17.9 Å². The number of aromatic nitrogens is 1. The second kappa shape index (κ2) is 6.12. The van der Waals surface area contributed by atoms with Crippen LogP contribution in [-0.4, -0.2) is 41.7 Å². The van der Waals surface area contributed by atoms with E-state index in [0.717, 1.165) is 6.42 Å². The number of nitrogens with one attached hydrogen (secondary N) is 1.